The molecule has 0 fully saturated rings. The van der Waals surface area contributed by atoms with Crippen molar-refractivity contribution in [3.63, 3.8) is 0 Å². The van der Waals surface area contributed by atoms with E-state index < -0.39 is 18.1 Å². The van der Waals surface area contributed by atoms with Gasteiger partial charge in [0.2, 0.25) is 0 Å². The van der Waals surface area contributed by atoms with Crippen LogP contribution in [-0.4, -0.2) is 12.2 Å². The predicted molar refractivity (Wildman–Crippen MR) is 38.1 cm³/mol. The second-order valence-corrected chi connectivity index (χ2v) is 2.78. The molecule has 0 aromatic rings. The highest BCUT2D eigenvalue weighted by atomic mass is 19.4. The van der Waals surface area contributed by atoms with Crippen LogP contribution in [0.5, 0.6) is 0 Å². The Bertz CT molecular complexity index is 111. The average Bonchev–Trinajstić information content (AvgIpc) is 1.85. The molecule has 0 bridgehead atoms. The molecule has 0 rings (SSSR count). The Hall–Kier alpha value is -0.250. The molecule has 0 spiro atoms. The van der Waals surface area contributed by atoms with E-state index in [4.69, 9.17) is 5.73 Å². The molecule has 1 nitrogen and oxygen atoms in total. The number of halogens is 3. The fourth-order valence-electron chi connectivity index (χ4n) is 0.826. The van der Waals surface area contributed by atoms with Crippen LogP contribution in [0.1, 0.15) is 26.7 Å². The minimum Gasteiger partial charge on any atom is -0.327 e. The lowest BCUT2D eigenvalue weighted by Gasteiger charge is -2.21. The van der Waals surface area contributed by atoms with Crippen molar-refractivity contribution in [2.24, 2.45) is 11.7 Å². The number of rotatable bonds is 3. The Kier molecular flexibility index (Phi) is 3.86. The number of nitrogens with two attached hydrogens (primary N) is 1. The van der Waals surface area contributed by atoms with Gasteiger partial charge in [0.1, 0.15) is 0 Å². The first-order valence-corrected chi connectivity index (χ1v) is 3.71. The first kappa shape index (κ1) is 10.8. The van der Waals surface area contributed by atoms with Gasteiger partial charge in [-0.05, 0) is 6.42 Å². The van der Waals surface area contributed by atoms with Gasteiger partial charge in [0, 0.05) is 6.04 Å². The number of alkyl halides is 3. The lowest BCUT2D eigenvalue weighted by Crippen LogP contribution is -2.37. The quantitative estimate of drug-likeness (QED) is 0.689. The molecule has 0 aliphatic carbocycles. The van der Waals surface area contributed by atoms with Crippen LogP contribution in [0, 0.1) is 5.92 Å². The molecule has 0 saturated carbocycles. The summed E-state index contributed by atoms with van der Waals surface area (Å²) in [5.41, 5.74) is 5.29. The summed E-state index contributed by atoms with van der Waals surface area (Å²) in [6.07, 6.45) is -3.02. The fourth-order valence-corrected chi connectivity index (χ4v) is 0.826. The summed E-state index contributed by atoms with van der Waals surface area (Å²) in [7, 11) is 0. The molecular formula is C7H14F3N. The van der Waals surface area contributed by atoms with E-state index in [1.54, 1.807) is 0 Å². The largest absolute Gasteiger partial charge is 0.393 e. The van der Waals surface area contributed by atoms with Gasteiger partial charge in [-0.3, -0.25) is 0 Å². The standard InChI is InChI=1S/C7H14F3N/c1-3-4-6(11)5(2)7(8,9)10/h5-6H,3-4,11H2,1-2H3. The molecule has 0 aromatic heterocycles. The van der Waals surface area contributed by atoms with E-state index in [0.717, 1.165) is 6.92 Å². The molecule has 0 aliphatic rings. The van der Waals surface area contributed by atoms with Crippen molar-refractivity contribution in [3.05, 3.63) is 0 Å². The molecule has 0 radical (unpaired) electrons. The lowest BCUT2D eigenvalue weighted by molar-refractivity contribution is -0.175. The molecular weight excluding hydrogens is 155 g/mol. The van der Waals surface area contributed by atoms with Crippen LogP contribution in [0.3, 0.4) is 0 Å². The molecule has 11 heavy (non-hydrogen) atoms. The molecule has 68 valence electrons. The zero-order chi connectivity index (χ0) is 9.07. The SMILES string of the molecule is CCCC(N)C(C)C(F)(F)F. The molecule has 2 unspecified atom stereocenters. The van der Waals surface area contributed by atoms with E-state index in [0.29, 0.717) is 12.8 Å². The minimum atomic E-state index is -4.14. The maximum atomic E-state index is 11.9. The molecule has 0 aromatic carbocycles. The Morgan fingerprint density at radius 1 is 1.36 bits per heavy atom. The van der Waals surface area contributed by atoms with E-state index in [-0.39, 0.29) is 0 Å². The van der Waals surface area contributed by atoms with Gasteiger partial charge >= 0.3 is 6.18 Å². The highest BCUT2D eigenvalue weighted by molar-refractivity contribution is 4.74. The maximum Gasteiger partial charge on any atom is 0.393 e. The highest BCUT2D eigenvalue weighted by Crippen LogP contribution is 2.28. The third kappa shape index (κ3) is 3.60. The van der Waals surface area contributed by atoms with Gasteiger partial charge in [0.05, 0.1) is 5.92 Å². The summed E-state index contributed by atoms with van der Waals surface area (Å²) in [6.45, 7) is 2.95. The number of hydrogen-bond acceptors (Lipinski definition) is 1. The first-order chi connectivity index (χ1) is 4.89. The topological polar surface area (TPSA) is 26.0 Å². The highest BCUT2D eigenvalue weighted by Gasteiger charge is 2.39. The van der Waals surface area contributed by atoms with Crippen LogP contribution in [0.25, 0.3) is 0 Å². The van der Waals surface area contributed by atoms with Crippen molar-refractivity contribution in [2.45, 2.75) is 38.9 Å². The van der Waals surface area contributed by atoms with Crippen LogP contribution in [-0.2, 0) is 0 Å². The van der Waals surface area contributed by atoms with Gasteiger partial charge in [-0.1, -0.05) is 20.3 Å². The Morgan fingerprint density at radius 3 is 2.09 bits per heavy atom. The van der Waals surface area contributed by atoms with E-state index in [1.165, 1.54) is 0 Å². The molecule has 4 heteroatoms. The van der Waals surface area contributed by atoms with E-state index in [2.05, 4.69) is 0 Å². The summed E-state index contributed by atoms with van der Waals surface area (Å²) in [4.78, 5) is 0. The predicted octanol–water partition coefficient (Wildman–Crippen LogP) is 2.31. The van der Waals surface area contributed by atoms with Crippen LogP contribution in [0.2, 0.25) is 0 Å². The molecule has 2 atom stereocenters. The normalized spacial score (nSPS) is 18.0. The summed E-state index contributed by atoms with van der Waals surface area (Å²) in [5, 5.41) is 0. The second kappa shape index (κ2) is 3.95. The van der Waals surface area contributed by atoms with Gasteiger partial charge in [0.15, 0.2) is 0 Å². The van der Waals surface area contributed by atoms with Gasteiger partial charge < -0.3 is 5.73 Å². The van der Waals surface area contributed by atoms with E-state index in [1.807, 2.05) is 6.92 Å². The lowest BCUT2D eigenvalue weighted by atomic mass is 9.98. The van der Waals surface area contributed by atoms with Gasteiger partial charge in [-0.2, -0.15) is 13.2 Å². The third-order valence-electron chi connectivity index (χ3n) is 1.78. The molecule has 2 N–H and O–H groups in total. The molecule has 0 saturated heterocycles. The van der Waals surface area contributed by atoms with Crippen molar-refractivity contribution in [1.82, 2.24) is 0 Å². The van der Waals surface area contributed by atoms with Crippen LogP contribution in [0.15, 0.2) is 0 Å². The zero-order valence-electron chi connectivity index (χ0n) is 6.78. The molecule has 0 heterocycles. The van der Waals surface area contributed by atoms with Crippen LogP contribution in [0.4, 0.5) is 13.2 Å². The van der Waals surface area contributed by atoms with Crippen molar-refractivity contribution in [2.75, 3.05) is 0 Å². The maximum absolute atomic E-state index is 11.9. The van der Waals surface area contributed by atoms with Gasteiger partial charge in [-0.15, -0.1) is 0 Å². The monoisotopic (exact) mass is 169 g/mol. The average molecular weight is 169 g/mol. The van der Waals surface area contributed by atoms with Crippen LogP contribution >= 0.6 is 0 Å². The van der Waals surface area contributed by atoms with Crippen molar-refractivity contribution in [3.8, 4) is 0 Å². The van der Waals surface area contributed by atoms with Crippen LogP contribution < -0.4 is 5.73 Å². The van der Waals surface area contributed by atoms with Gasteiger partial charge in [-0.25, -0.2) is 0 Å². The van der Waals surface area contributed by atoms with E-state index in [9.17, 15) is 13.2 Å². The minimum absolute atomic E-state index is 0.431. The molecule has 0 amide bonds. The smallest absolute Gasteiger partial charge is 0.327 e. The first-order valence-electron chi connectivity index (χ1n) is 3.71. The Balaban J connectivity index is 3.91. The van der Waals surface area contributed by atoms with Crippen molar-refractivity contribution < 1.29 is 13.2 Å². The number of hydrogen-bond donors (Lipinski definition) is 1. The zero-order valence-corrected chi connectivity index (χ0v) is 6.78. The summed E-state index contributed by atoms with van der Waals surface area (Å²) < 4.78 is 35.8. The molecule has 0 aliphatic heterocycles. The van der Waals surface area contributed by atoms with Crippen molar-refractivity contribution >= 4 is 0 Å². The summed E-state index contributed by atoms with van der Waals surface area (Å²) in [5.74, 6) is -1.39. The second-order valence-electron chi connectivity index (χ2n) is 2.78. The third-order valence-corrected chi connectivity index (χ3v) is 1.78. The van der Waals surface area contributed by atoms with Gasteiger partial charge in [0.25, 0.3) is 0 Å². The van der Waals surface area contributed by atoms with E-state index >= 15 is 0 Å². The summed E-state index contributed by atoms with van der Waals surface area (Å²) in [6, 6.07) is -0.750. The van der Waals surface area contributed by atoms with Crippen molar-refractivity contribution in [1.29, 1.82) is 0 Å². The summed E-state index contributed by atoms with van der Waals surface area (Å²) >= 11 is 0. The Labute approximate surface area is 64.8 Å². The Morgan fingerprint density at radius 2 is 1.82 bits per heavy atom. The fraction of sp³-hybridized carbons (Fsp3) is 1.00.